The van der Waals surface area contributed by atoms with Gasteiger partial charge in [-0.1, -0.05) is 23.2 Å². The van der Waals surface area contributed by atoms with E-state index in [2.05, 4.69) is 9.97 Å². The summed E-state index contributed by atoms with van der Waals surface area (Å²) in [5.74, 6) is -2.20. The molecule has 1 aromatic heterocycles. The Morgan fingerprint density at radius 3 is 2.60 bits per heavy atom. The van der Waals surface area contributed by atoms with Crippen molar-refractivity contribution in [1.82, 2.24) is 9.97 Å². The second kappa shape index (κ2) is 5.22. The molecule has 0 saturated heterocycles. The molecule has 0 fully saturated rings. The summed E-state index contributed by atoms with van der Waals surface area (Å²) in [6, 6.07) is 2.81. The van der Waals surface area contributed by atoms with Crippen molar-refractivity contribution in [2.24, 2.45) is 0 Å². The molecule has 8 heteroatoms. The Labute approximate surface area is 123 Å². The number of rotatable bonds is 2. The molecule has 1 heterocycles. The maximum Gasteiger partial charge on any atom is 0.356 e. The van der Waals surface area contributed by atoms with Crippen molar-refractivity contribution in [3.63, 3.8) is 0 Å². The van der Waals surface area contributed by atoms with Gasteiger partial charge in [0.2, 0.25) is 0 Å². The fourth-order valence-electron chi connectivity index (χ4n) is 1.62. The van der Waals surface area contributed by atoms with Gasteiger partial charge < -0.3 is 10.8 Å². The van der Waals surface area contributed by atoms with E-state index in [1.807, 2.05) is 0 Å². The zero-order valence-corrected chi connectivity index (χ0v) is 11.6. The van der Waals surface area contributed by atoms with E-state index in [4.69, 9.17) is 34.0 Å². The molecule has 0 atom stereocenters. The van der Waals surface area contributed by atoms with E-state index in [0.29, 0.717) is 0 Å². The summed E-state index contributed by atoms with van der Waals surface area (Å²) in [5.41, 5.74) is 5.59. The average Bonchev–Trinajstić information content (AvgIpc) is 2.39. The summed E-state index contributed by atoms with van der Waals surface area (Å²) < 4.78 is 13.8. The van der Waals surface area contributed by atoms with Crippen molar-refractivity contribution in [2.75, 3.05) is 5.73 Å². The van der Waals surface area contributed by atoms with Crippen molar-refractivity contribution in [3.8, 4) is 11.4 Å². The average molecular weight is 316 g/mol. The molecule has 0 aliphatic carbocycles. The molecule has 0 radical (unpaired) electrons. The second-order valence-electron chi connectivity index (χ2n) is 3.93. The highest BCUT2D eigenvalue weighted by Crippen LogP contribution is 2.30. The first kappa shape index (κ1) is 14.5. The maximum absolute atomic E-state index is 13.8. The van der Waals surface area contributed by atoms with Gasteiger partial charge in [0.1, 0.15) is 16.7 Å². The molecule has 0 unspecified atom stereocenters. The third-order valence-corrected chi connectivity index (χ3v) is 3.32. The Hall–Kier alpha value is -1.92. The fourth-order valence-corrected chi connectivity index (χ4v) is 1.99. The monoisotopic (exact) mass is 315 g/mol. The minimum absolute atomic E-state index is 0.0302. The van der Waals surface area contributed by atoms with Gasteiger partial charge in [0.25, 0.3) is 0 Å². The summed E-state index contributed by atoms with van der Waals surface area (Å²) in [5, 5.41) is 8.70. The molecule has 0 bridgehead atoms. The molecule has 0 aliphatic heterocycles. The van der Waals surface area contributed by atoms with Crippen LogP contribution in [0.2, 0.25) is 10.0 Å². The summed E-state index contributed by atoms with van der Waals surface area (Å²) >= 11 is 11.4. The Morgan fingerprint density at radius 1 is 1.35 bits per heavy atom. The van der Waals surface area contributed by atoms with Crippen LogP contribution in [0.1, 0.15) is 16.1 Å². The van der Waals surface area contributed by atoms with E-state index in [0.717, 1.165) is 0 Å². The highest BCUT2D eigenvalue weighted by Gasteiger charge is 2.19. The first-order valence-electron chi connectivity index (χ1n) is 5.34. The molecule has 20 heavy (non-hydrogen) atoms. The van der Waals surface area contributed by atoms with Gasteiger partial charge in [0.15, 0.2) is 11.5 Å². The lowest BCUT2D eigenvalue weighted by Gasteiger charge is -2.09. The Morgan fingerprint density at radius 2 is 2.00 bits per heavy atom. The van der Waals surface area contributed by atoms with Crippen molar-refractivity contribution in [1.29, 1.82) is 0 Å². The predicted molar refractivity (Wildman–Crippen MR) is 73.6 cm³/mol. The van der Waals surface area contributed by atoms with Crippen molar-refractivity contribution >= 4 is 35.0 Å². The number of nitrogens with two attached hydrogens (primary N) is 1. The molecular formula is C12H8Cl2FN3O2. The molecule has 3 N–H and O–H groups in total. The molecular weight excluding hydrogens is 308 g/mol. The van der Waals surface area contributed by atoms with Gasteiger partial charge in [-0.15, -0.1) is 0 Å². The number of hydrogen-bond donors (Lipinski definition) is 2. The number of aromatic nitrogens is 2. The van der Waals surface area contributed by atoms with E-state index in [9.17, 15) is 9.18 Å². The van der Waals surface area contributed by atoms with Gasteiger partial charge in [-0.3, -0.25) is 0 Å². The maximum atomic E-state index is 13.8. The van der Waals surface area contributed by atoms with E-state index >= 15 is 0 Å². The zero-order valence-electron chi connectivity index (χ0n) is 10.1. The highest BCUT2D eigenvalue weighted by atomic mass is 35.5. The molecule has 0 saturated carbocycles. The third-order valence-electron chi connectivity index (χ3n) is 2.66. The van der Waals surface area contributed by atoms with E-state index in [1.54, 1.807) is 0 Å². The molecule has 5 nitrogen and oxygen atoms in total. The molecule has 0 spiro atoms. The lowest BCUT2D eigenvalue weighted by Crippen LogP contribution is -2.08. The number of aromatic carboxylic acids is 1. The highest BCUT2D eigenvalue weighted by molar-refractivity contribution is 6.35. The molecule has 0 amide bonds. The number of nitrogen functional groups attached to an aromatic ring is 1. The lowest BCUT2D eigenvalue weighted by molar-refractivity contribution is 0.0690. The van der Waals surface area contributed by atoms with Crippen LogP contribution in [0.15, 0.2) is 12.1 Å². The number of benzene rings is 1. The number of carboxylic acids is 1. The molecule has 0 aliphatic rings. The van der Waals surface area contributed by atoms with Crippen LogP contribution < -0.4 is 5.73 Å². The van der Waals surface area contributed by atoms with Gasteiger partial charge in [-0.2, -0.15) is 0 Å². The summed E-state index contributed by atoms with van der Waals surface area (Å²) in [4.78, 5) is 18.7. The predicted octanol–water partition coefficient (Wildman–Crippen LogP) is 3.18. The number of anilines is 1. The van der Waals surface area contributed by atoms with Crippen molar-refractivity contribution in [2.45, 2.75) is 6.92 Å². The Bertz CT molecular complexity index is 722. The molecule has 2 aromatic rings. The second-order valence-corrected chi connectivity index (χ2v) is 4.72. The molecule has 1 aromatic carbocycles. The van der Waals surface area contributed by atoms with E-state index in [-0.39, 0.29) is 32.8 Å². The van der Waals surface area contributed by atoms with Crippen LogP contribution in [-0.4, -0.2) is 21.0 Å². The van der Waals surface area contributed by atoms with Gasteiger partial charge in [-0.25, -0.2) is 19.2 Å². The number of halogens is 3. The van der Waals surface area contributed by atoms with Crippen molar-refractivity contribution in [3.05, 3.63) is 39.3 Å². The quantitative estimate of drug-likeness (QED) is 0.888. The smallest absolute Gasteiger partial charge is 0.356 e. The van der Waals surface area contributed by atoms with Crippen LogP contribution >= 0.6 is 23.2 Å². The minimum atomic E-state index is -1.35. The topological polar surface area (TPSA) is 89.1 Å². The van der Waals surface area contributed by atoms with Crippen LogP contribution in [0.5, 0.6) is 0 Å². The summed E-state index contributed by atoms with van der Waals surface area (Å²) in [6.45, 7) is 1.48. The van der Waals surface area contributed by atoms with Gasteiger partial charge in [0.05, 0.1) is 5.02 Å². The van der Waals surface area contributed by atoms with Gasteiger partial charge in [0, 0.05) is 5.56 Å². The summed E-state index contributed by atoms with van der Waals surface area (Å²) in [7, 11) is 0. The Balaban J connectivity index is 2.71. The van der Waals surface area contributed by atoms with Gasteiger partial charge in [-0.05, 0) is 24.6 Å². The van der Waals surface area contributed by atoms with Crippen LogP contribution in [0, 0.1) is 12.7 Å². The van der Waals surface area contributed by atoms with Crippen LogP contribution in [0.3, 0.4) is 0 Å². The first-order valence-corrected chi connectivity index (χ1v) is 6.09. The number of carboxylic acid groups (broad SMARTS) is 1. The lowest BCUT2D eigenvalue weighted by atomic mass is 10.1. The van der Waals surface area contributed by atoms with Crippen LogP contribution in [0.25, 0.3) is 11.4 Å². The van der Waals surface area contributed by atoms with Crippen LogP contribution in [-0.2, 0) is 0 Å². The number of hydrogen-bond acceptors (Lipinski definition) is 4. The molecule has 104 valence electrons. The summed E-state index contributed by atoms with van der Waals surface area (Å²) in [6.07, 6.45) is 0. The largest absolute Gasteiger partial charge is 0.476 e. The fraction of sp³-hybridized carbons (Fsp3) is 0.0833. The van der Waals surface area contributed by atoms with Gasteiger partial charge >= 0.3 is 5.97 Å². The van der Waals surface area contributed by atoms with E-state index in [1.165, 1.54) is 19.1 Å². The first-order chi connectivity index (χ1) is 9.32. The molecule has 2 rings (SSSR count). The third kappa shape index (κ3) is 2.39. The van der Waals surface area contributed by atoms with Crippen LogP contribution in [0.4, 0.5) is 10.2 Å². The number of nitrogens with zero attached hydrogens (tertiary/aromatic N) is 2. The number of carbonyl (C=O) groups is 1. The SMILES string of the molecule is Cc1c(-c2nc(N)c(Cl)c(C(=O)O)n2)ccc(Cl)c1F. The normalized spacial score (nSPS) is 10.6. The van der Waals surface area contributed by atoms with E-state index < -0.39 is 17.5 Å². The minimum Gasteiger partial charge on any atom is -0.476 e. The zero-order chi connectivity index (χ0) is 15.0. The standard InChI is InChI=1S/C12H8Cl2FN3O2/c1-4-5(2-3-6(13)8(4)15)11-17-9(12(19)20)7(14)10(16)18-11/h2-3H,1H3,(H,19,20)(H2,16,17,18). The Kier molecular flexibility index (Phi) is 3.78. The van der Waals surface area contributed by atoms with Crippen molar-refractivity contribution < 1.29 is 14.3 Å².